The summed E-state index contributed by atoms with van der Waals surface area (Å²) in [6.07, 6.45) is 7.41. The molecule has 0 aliphatic heterocycles. The van der Waals surface area contributed by atoms with Crippen LogP contribution in [0.25, 0.3) is 0 Å². The lowest BCUT2D eigenvalue weighted by Gasteiger charge is -2.53. The number of hydrogen-bond donors (Lipinski definition) is 1. The maximum Gasteiger partial charge on any atom is 0.112 e. The summed E-state index contributed by atoms with van der Waals surface area (Å²) in [7, 11) is 0. The van der Waals surface area contributed by atoms with E-state index < -0.39 is 0 Å². The van der Waals surface area contributed by atoms with E-state index in [1.54, 1.807) is 0 Å². The van der Waals surface area contributed by atoms with Gasteiger partial charge < -0.3 is 0 Å². The van der Waals surface area contributed by atoms with E-state index in [0.29, 0.717) is 6.04 Å². The Bertz CT molecular complexity index is 258. The van der Waals surface area contributed by atoms with Crippen LogP contribution in [0.2, 0.25) is 0 Å². The monoisotopic (exact) mass is 192 g/mol. The number of nitrogens with zero attached hydrogens (tertiary/aromatic N) is 1. The SMILES string of the molecule is CC1(C)CCC1(C#N)NC1CCCC1. The Hall–Kier alpha value is -0.550. The van der Waals surface area contributed by atoms with Gasteiger partial charge in [0.1, 0.15) is 5.54 Å². The van der Waals surface area contributed by atoms with Crippen LogP contribution in [0.3, 0.4) is 0 Å². The van der Waals surface area contributed by atoms with Crippen molar-refractivity contribution in [3.05, 3.63) is 0 Å². The van der Waals surface area contributed by atoms with Crippen molar-refractivity contribution in [3.8, 4) is 6.07 Å². The highest BCUT2D eigenvalue weighted by Crippen LogP contribution is 2.49. The molecule has 0 aromatic heterocycles. The van der Waals surface area contributed by atoms with Gasteiger partial charge in [0.15, 0.2) is 0 Å². The van der Waals surface area contributed by atoms with E-state index in [4.69, 9.17) is 0 Å². The zero-order chi connectivity index (χ0) is 10.2. The standard InChI is InChI=1S/C12H20N2/c1-11(2)7-8-12(11,9-13)14-10-5-3-4-6-10/h10,14H,3-8H2,1-2H3. The largest absolute Gasteiger partial charge is 0.296 e. The van der Waals surface area contributed by atoms with Crippen LogP contribution in [-0.4, -0.2) is 11.6 Å². The molecule has 2 heteroatoms. The Morgan fingerprint density at radius 1 is 1.21 bits per heavy atom. The molecular formula is C12H20N2. The van der Waals surface area contributed by atoms with Gasteiger partial charge in [-0.2, -0.15) is 5.26 Å². The van der Waals surface area contributed by atoms with Crippen LogP contribution in [-0.2, 0) is 0 Å². The van der Waals surface area contributed by atoms with Crippen molar-refractivity contribution < 1.29 is 0 Å². The minimum atomic E-state index is -0.220. The summed E-state index contributed by atoms with van der Waals surface area (Å²) < 4.78 is 0. The average Bonchev–Trinajstić information content (AvgIpc) is 2.64. The fourth-order valence-corrected chi connectivity index (χ4v) is 2.80. The van der Waals surface area contributed by atoms with Crippen LogP contribution in [0, 0.1) is 16.7 Å². The van der Waals surface area contributed by atoms with Crippen LogP contribution in [0.5, 0.6) is 0 Å². The highest BCUT2D eigenvalue weighted by molar-refractivity contribution is 5.22. The van der Waals surface area contributed by atoms with E-state index in [0.717, 1.165) is 6.42 Å². The number of nitriles is 1. The summed E-state index contributed by atoms with van der Waals surface area (Å²) >= 11 is 0. The van der Waals surface area contributed by atoms with Crippen molar-refractivity contribution in [2.45, 2.75) is 64.0 Å². The summed E-state index contributed by atoms with van der Waals surface area (Å²) in [4.78, 5) is 0. The van der Waals surface area contributed by atoms with Gasteiger partial charge in [0.05, 0.1) is 6.07 Å². The lowest BCUT2D eigenvalue weighted by atomic mass is 9.57. The Balaban J connectivity index is 2.03. The molecule has 78 valence electrons. The fraction of sp³-hybridized carbons (Fsp3) is 0.917. The molecule has 1 N–H and O–H groups in total. The highest BCUT2D eigenvalue weighted by Gasteiger charge is 2.54. The minimum Gasteiger partial charge on any atom is -0.296 e. The summed E-state index contributed by atoms with van der Waals surface area (Å²) in [6.45, 7) is 4.42. The van der Waals surface area contributed by atoms with E-state index in [9.17, 15) is 5.26 Å². The second-order valence-electron chi connectivity index (χ2n) is 5.53. The molecule has 2 rings (SSSR count). The van der Waals surface area contributed by atoms with E-state index >= 15 is 0 Å². The molecule has 0 aromatic carbocycles. The maximum absolute atomic E-state index is 9.32. The molecule has 1 atom stereocenters. The molecule has 0 saturated heterocycles. The van der Waals surface area contributed by atoms with E-state index in [-0.39, 0.29) is 11.0 Å². The van der Waals surface area contributed by atoms with Gasteiger partial charge >= 0.3 is 0 Å². The molecule has 0 aromatic rings. The first-order chi connectivity index (χ1) is 6.60. The second kappa shape index (κ2) is 3.24. The third kappa shape index (κ3) is 1.35. The Labute approximate surface area is 86.7 Å². The zero-order valence-corrected chi connectivity index (χ0v) is 9.27. The first kappa shape index (κ1) is 9.98. The summed E-state index contributed by atoms with van der Waals surface area (Å²) in [5.74, 6) is 0. The van der Waals surface area contributed by atoms with Crippen molar-refractivity contribution in [2.24, 2.45) is 5.41 Å². The van der Waals surface area contributed by atoms with Gasteiger partial charge in [-0.15, -0.1) is 0 Å². The lowest BCUT2D eigenvalue weighted by Crippen LogP contribution is -2.64. The number of hydrogen-bond acceptors (Lipinski definition) is 2. The van der Waals surface area contributed by atoms with Crippen LogP contribution < -0.4 is 5.32 Å². The van der Waals surface area contributed by atoms with Crippen LogP contribution in [0.4, 0.5) is 0 Å². The van der Waals surface area contributed by atoms with Crippen molar-refractivity contribution in [3.63, 3.8) is 0 Å². The normalized spacial score (nSPS) is 36.4. The molecule has 2 fully saturated rings. The smallest absolute Gasteiger partial charge is 0.112 e. The summed E-state index contributed by atoms with van der Waals surface area (Å²) in [5, 5.41) is 12.9. The van der Waals surface area contributed by atoms with Gasteiger partial charge in [-0.25, -0.2) is 0 Å². The molecule has 0 radical (unpaired) electrons. The molecule has 2 aliphatic carbocycles. The molecule has 0 heterocycles. The quantitative estimate of drug-likeness (QED) is 0.730. The van der Waals surface area contributed by atoms with E-state index in [2.05, 4.69) is 25.2 Å². The number of rotatable bonds is 2. The van der Waals surface area contributed by atoms with Crippen molar-refractivity contribution >= 4 is 0 Å². The van der Waals surface area contributed by atoms with Gasteiger partial charge in [-0.05, 0) is 31.1 Å². The van der Waals surface area contributed by atoms with Gasteiger partial charge in [-0.3, -0.25) is 5.32 Å². The lowest BCUT2D eigenvalue weighted by molar-refractivity contribution is 0.0377. The topological polar surface area (TPSA) is 35.8 Å². The molecule has 0 spiro atoms. The average molecular weight is 192 g/mol. The van der Waals surface area contributed by atoms with Gasteiger partial charge in [-0.1, -0.05) is 26.7 Å². The highest BCUT2D eigenvalue weighted by atomic mass is 15.1. The Morgan fingerprint density at radius 2 is 1.86 bits per heavy atom. The molecule has 2 saturated carbocycles. The van der Waals surface area contributed by atoms with Crippen molar-refractivity contribution in [1.29, 1.82) is 5.26 Å². The predicted octanol–water partition coefficient (Wildman–Crippen LogP) is 2.60. The second-order valence-corrected chi connectivity index (χ2v) is 5.53. The molecule has 2 aliphatic rings. The maximum atomic E-state index is 9.32. The third-order valence-corrected chi connectivity index (χ3v) is 4.28. The van der Waals surface area contributed by atoms with Gasteiger partial charge in [0.2, 0.25) is 0 Å². The Kier molecular flexibility index (Phi) is 2.31. The van der Waals surface area contributed by atoms with Gasteiger partial charge in [0, 0.05) is 6.04 Å². The zero-order valence-electron chi connectivity index (χ0n) is 9.27. The molecule has 0 bridgehead atoms. The van der Waals surface area contributed by atoms with E-state index in [1.807, 2.05) is 0 Å². The van der Waals surface area contributed by atoms with Crippen molar-refractivity contribution in [1.82, 2.24) is 5.32 Å². The molecule has 2 nitrogen and oxygen atoms in total. The molecule has 1 unspecified atom stereocenters. The van der Waals surface area contributed by atoms with Crippen LogP contribution in [0.15, 0.2) is 0 Å². The summed E-state index contributed by atoms with van der Waals surface area (Å²) in [5.41, 5.74) is -0.0493. The molecular weight excluding hydrogens is 172 g/mol. The van der Waals surface area contributed by atoms with Crippen LogP contribution in [0.1, 0.15) is 52.4 Å². The Morgan fingerprint density at radius 3 is 2.21 bits per heavy atom. The number of nitrogens with one attached hydrogen (secondary N) is 1. The van der Waals surface area contributed by atoms with E-state index in [1.165, 1.54) is 32.1 Å². The van der Waals surface area contributed by atoms with Crippen LogP contribution >= 0.6 is 0 Å². The minimum absolute atomic E-state index is 0.171. The molecule has 14 heavy (non-hydrogen) atoms. The van der Waals surface area contributed by atoms with Gasteiger partial charge in [0.25, 0.3) is 0 Å². The summed E-state index contributed by atoms with van der Waals surface area (Å²) in [6, 6.07) is 3.13. The van der Waals surface area contributed by atoms with Crippen molar-refractivity contribution in [2.75, 3.05) is 0 Å². The third-order valence-electron chi connectivity index (χ3n) is 4.28. The molecule has 0 amide bonds. The first-order valence-electron chi connectivity index (χ1n) is 5.79. The first-order valence-corrected chi connectivity index (χ1v) is 5.79. The predicted molar refractivity (Wildman–Crippen MR) is 56.8 cm³/mol. The fourth-order valence-electron chi connectivity index (χ4n) is 2.80.